The molecule has 162 valence electrons. The van der Waals surface area contributed by atoms with Gasteiger partial charge in [0.1, 0.15) is 0 Å². The Bertz CT molecular complexity index is 1870. The molecule has 2 heterocycles. The highest BCUT2D eigenvalue weighted by atomic mass is 32.1. The highest BCUT2D eigenvalue weighted by Crippen LogP contribution is 2.44. The molecule has 0 unspecified atom stereocenters. The number of rotatable bonds is 2. The quantitative estimate of drug-likeness (QED) is 0.246. The lowest BCUT2D eigenvalue weighted by Crippen LogP contribution is -1.96. The third-order valence-electron chi connectivity index (χ3n) is 7.14. The molecule has 2 heteroatoms. The summed E-state index contributed by atoms with van der Waals surface area (Å²) in [6.45, 7) is 4.48. The highest BCUT2D eigenvalue weighted by molar-refractivity contribution is 7.26. The van der Waals surface area contributed by atoms with Crippen LogP contribution >= 0.6 is 11.3 Å². The average Bonchev–Trinajstić information content (AvgIpc) is 3.42. The molecule has 34 heavy (non-hydrogen) atoms. The Hall–Kier alpha value is -3.88. The third kappa shape index (κ3) is 2.66. The van der Waals surface area contributed by atoms with Gasteiger partial charge in [-0.25, -0.2) is 0 Å². The Morgan fingerprint density at radius 1 is 0.529 bits per heavy atom. The van der Waals surface area contributed by atoms with E-state index in [4.69, 9.17) is 0 Å². The largest absolute Gasteiger partial charge is 0.308 e. The molecule has 0 spiro atoms. The van der Waals surface area contributed by atoms with Crippen molar-refractivity contribution < 1.29 is 0 Å². The molecular formula is C32H23NS. The predicted octanol–water partition coefficient (Wildman–Crippen LogP) is 9.44. The maximum absolute atomic E-state index is 2.50. The van der Waals surface area contributed by atoms with Crippen molar-refractivity contribution in [2.24, 2.45) is 0 Å². The van der Waals surface area contributed by atoms with E-state index in [1.807, 2.05) is 11.3 Å². The van der Waals surface area contributed by atoms with Gasteiger partial charge in [0.2, 0.25) is 0 Å². The molecule has 0 aliphatic rings. The summed E-state index contributed by atoms with van der Waals surface area (Å²) >= 11 is 1.90. The number of fused-ring (bicyclic) bond motifs is 7. The van der Waals surface area contributed by atoms with Gasteiger partial charge in [0.15, 0.2) is 0 Å². The molecule has 0 fully saturated rings. The second-order valence-corrected chi connectivity index (χ2v) is 10.1. The van der Waals surface area contributed by atoms with E-state index in [2.05, 4.69) is 122 Å². The molecule has 7 aromatic rings. The first-order valence-electron chi connectivity index (χ1n) is 11.7. The van der Waals surface area contributed by atoms with E-state index in [9.17, 15) is 0 Å². The van der Waals surface area contributed by atoms with Crippen molar-refractivity contribution in [2.75, 3.05) is 0 Å². The molecule has 5 aromatic carbocycles. The summed E-state index contributed by atoms with van der Waals surface area (Å²) in [6, 6.07) is 37.6. The van der Waals surface area contributed by atoms with Crippen LogP contribution in [0, 0.1) is 13.8 Å². The van der Waals surface area contributed by atoms with Crippen LogP contribution < -0.4 is 0 Å². The van der Waals surface area contributed by atoms with E-state index in [0.29, 0.717) is 0 Å². The summed E-state index contributed by atoms with van der Waals surface area (Å²) in [5, 5.41) is 5.31. The predicted molar refractivity (Wildman–Crippen MR) is 149 cm³/mol. The lowest BCUT2D eigenvalue weighted by Gasteiger charge is -2.14. The Kier molecular flexibility index (Phi) is 4.21. The van der Waals surface area contributed by atoms with E-state index in [-0.39, 0.29) is 0 Å². The Labute approximate surface area is 202 Å². The molecule has 0 aliphatic heterocycles. The molecule has 0 N–H and O–H groups in total. The van der Waals surface area contributed by atoms with Crippen LogP contribution in [0.3, 0.4) is 0 Å². The summed E-state index contributed by atoms with van der Waals surface area (Å²) in [5.41, 5.74) is 9.05. The molecule has 2 aromatic heterocycles. The molecule has 0 radical (unpaired) electrons. The summed E-state index contributed by atoms with van der Waals surface area (Å²) < 4.78 is 5.20. The maximum Gasteiger partial charge on any atom is 0.0719 e. The Morgan fingerprint density at radius 3 is 2.06 bits per heavy atom. The molecule has 0 amide bonds. The van der Waals surface area contributed by atoms with Crippen LogP contribution in [0.4, 0.5) is 0 Å². The van der Waals surface area contributed by atoms with Crippen molar-refractivity contribution in [2.45, 2.75) is 13.8 Å². The zero-order chi connectivity index (χ0) is 22.8. The lowest BCUT2D eigenvalue weighted by atomic mass is 9.94. The van der Waals surface area contributed by atoms with Crippen molar-refractivity contribution in [3.05, 3.63) is 114 Å². The number of aromatic nitrogens is 1. The third-order valence-corrected chi connectivity index (χ3v) is 8.33. The second kappa shape index (κ2) is 7.31. The maximum atomic E-state index is 2.50. The summed E-state index contributed by atoms with van der Waals surface area (Å²) in [5.74, 6) is 0. The molecule has 1 nitrogen and oxygen atoms in total. The zero-order valence-electron chi connectivity index (χ0n) is 19.2. The Morgan fingerprint density at radius 2 is 1.21 bits per heavy atom. The number of para-hydroxylation sites is 1. The first-order chi connectivity index (χ1) is 16.7. The van der Waals surface area contributed by atoms with Crippen molar-refractivity contribution in [3.63, 3.8) is 0 Å². The van der Waals surface area contributed by atoms with Crippen LogP contribution in [0.1, 0.15) is 11.1 Å². The molecule has 0 saturated carbocycles. The van der Waals surface area contributed by atoms with Crippen LogP contribution in [0.25, 0.3) is 58.8 Å². The number of hydrogen-bond donors (Lipinski definition) is 0. The molecule has 0 atom stereocenters. The number of aryl methyl sites for hydroxylation is 2. The Balaban J connectivity index is 1.71. The standard InChI is InChI=1S/C32H23NS/c1-20-10-6-7-13-23(20)24-16-17-26-27-18-19-28-25-14-8-9-15-29(25)34-32(28)31(27)33(30(26)21(24)2)22-11-4-3-5-12-22/h3-19H,1-2H3. The van der Waals surface area contributed by atoms with Crippen LogP contribution in [0.15, 0.2) is 103 Å². The van der Waals surface area contributed by atoms with Crippen molar-refractivity contribution >= 4 is 53.3 Å². The molecule has 0 saturated heterocycles. The van der Waals surface area contributed by atoms with Gasteiger partial charge in [0.25, 0.3) is 0 Å². The van der Waals surface area contributed by atoms with Crippen molar-refractivity contribution in [1.82, 2.24) is 4.57 Å². The van der Waals surface area contributed by atoms with Gasteiger partial charge in [0.05, 0.1) is 15.7 Å². The monoisotopic (exact) mass is 453 g/mol. The number of nitrogens with zero attached hydrogens (tertiary/aromatic N) is 1. The molecule has 7 rings (SSSR count). The lowest BCUT2D eigenvalue weighted by molar-refractivity contribution is 1.17. The van der Waals surface area contributed by atoms with Gasteiger partial charge in [-0.1, -0.05) is 84.9 Å². The van der Waals surface area contributed by atoms with Gasteiger partial charge < -0.3 is 4.57 Å². The van der Waals surface area contributed by atoms with E-state index >= 15 is 0 Å². The van der Waals surface area contributed by atoms with Gasteiger partial charge in [-0.15, -0.1) is 11.3 Å². The average molecular weight is 454 g/mol. The number of thiophene rings is 1. The fourth-order valence-corrected chi connectivity index (χ4v) is 6.77. The fraction of sp³-hybridized carbons (Fsp3) is 0.0625. The van der Waals surface area contributed by atoms with Gasteiger partial charge in [-0.2, -0.15) is 0 Å². The summed E-state index contributed by atoms with van der Waals surface area (Å²) in [7, 11) is 0. The number of benzene rings is 5. The zero-order valence-corrected chi connectivity index (χ0v) is 20.0. The molecule has 0 bridgehead atoms. The van der Waals surface area contributed by atoms with E-state index in [0.717, 1.165) is 0 Å². The first kappa shape index (κ1) is 19.6. The van der Waals surface area contributed by atoms with Gasteiger partial charge in [-0.3, -0.25) is 0 Å². The second-order valence-electron chi connectivity index (χ2n) is 9.06. The SMILES string of the molecule is Cc1ccccc1-c1ccc2c3ccc4c5ccccc5sc4c3n(-c3ccccc3)c2c1C. The minimum atomic E-state index is 1.21. The number of hydrogen-bond acceptors (Lipinski definition) is 1. The van der Waals surface area contributed by atoms with E-state index in [1.165, 1.54) is 69.9 Å². The minimum absolute atomic E-state index is 1.21. The topological polar surface area (TPSA) is 4.93 Å². The fourth-order valence-electron chi connectivity index (χ4n) is 5.53. The first-order valence-corrected chi connectivity index (χ1v) is 12.5. The van der Waals surface area contributed by atoms with Gasteiger partial charge >= 0.3 is 0 Å². The van der Waals surface area contributed by atoms with Crippen molar-refractivity contribution in [1.29, 1.82) is 0 Å². The van der Waals surface area contributed by atoms with E-state index < -0.39 is 0 Å². The minimum Gasteiger partial charge on any atom is -0.308 e. The smallest absolute Gasteiger partial charge is 0.0719 e. The van der Waals surface area contributed by atoms with Crippen molar-refractivity contribution in [3.8, 4) is 16.8 Å². The van der Waals surface area contributed by atoms with Crippen LogP contribution in [0.5, 0.6) is 0 Å². The van der Waals surface area contributed by atoms with Crippen LogP contribution in [0.2, 0.25) is 0 Å². The molecular weight excluding hydrogens is 430 g/mol. The molecule has 0 aliphatic carbocycles. The van der Waals surface area contributed by atoms with Gasteiger partial charge in [-0.05, 0) is 54.3 Å². The van der Waals surface area contributed by atoms with Gasteiger partial charge in [0, 0.05) is 31.9 Å². The van der Waals surface area contributed by atoms with Crippen LogP contribution in [-0.4, -0.2) is 4.57 Å². The van der Waals surface area contributed by atoms with E-state index in [1.54, 1.807) is 0 Å². The summed E-state index contributed by atoms with van der Waals surface area (Å²) in [6.07, 6.45) is 0. The summed E-state index contributed by atoms with van der Waals surface area (Å²) in [4.78, 5) is 0. The normalized spacial score (nSPS) is 11.8. The highest BCUT2D eigenvalue weighted by Gasteiger charge is 2.20. The van der Waals surface area contributed by atoms with Crippen LogP contribution in [-0.2, 0) is 0 Å².